The predicted octanol–water partition coefficient (Wildman–Crippen LogP) is 5.22. The van der Waals surface area contributed by atoms with Crippen LogP contribution in [0, 0.1) is 25.7 Å². The highest BCUT2D eigenvalue weighted by molar-refractivity contribution is 7.89. The molecule has 17 heteroatoms. The summed E-state index contributed by atoms with van der Waals surface area (Å²) in [5, 5.41) is 24.0. The summed E-state index contributed by atoms with van der Waals surface area (Å²) in [5.41, 5.74) is 5.33. The molecule has 0 saturated carbocycles. The predicted molar refractivity (Wildman–Crippen MR) is 256 cm³/mol. The number of aromatic nitrogens is 1. The van der Waals surface area contributed by atoms with Gasteiger partial charge in [-0.3, -0.25) is 9.59 Å². The molecule has 0 fully saturated rings. The number of carboxylic acid groups (broad SMARTS) is 2. The molecule has 68 heavy (non-hydrogen) atoms. The van der Waals surface area contributed by atoms with Crippen LogP contribution >= 0.6 is 0 Å². The van der Waals surface area contributed by atoms with Gasteiger partial charge in [0.05, 0.1) is 22.9 Å². The van der Waals surface area contributed by atoms with E-state index < -0.39 is 69.0 Å². The molecule has 2 atom stereocenters. The number of nitrogens with one attached hydrogen (secondary N) is 2. The van der Waals surface area contributed by atoms with Crippen molar-refractivity contribution in [3.63, 3.8) is 0 Å². The quantitative estimate of drug-likeness (QED) is 0.0819. The number of likely N-dealkylation sites (N-methyl/N-ethyl adjacent to an activating group) is 1. The number of sulfonamides is 2. The zero-order valence-electron chi connectivity index (χ0n) is 37.5. The molecule has 4 N–H and O–H groups in total. The van der Waals surface area contributed by atoms with Gasteiger partial charge in [0.15, 0.2) is 0 Å². The minimum absolute atomic E-state index is 0.0269. The number of carboxylic acids is 2. The Labute approximate surface area is 396 Å². The summed E-state index contributed by atoms with van der Waals surface area (Å²) >= 11 is 0. The second-order valence-corrected chi connectivity index (χ2v) is 19.6. The Morgan fingerprint density at radius 3 is 1.50 bits per heavy atom. The van der Waals surface area contributed by atoms with Crippen LogP contribution in [0.2, 0.25) is 0 Å². The summed E-state index contributed by atoms with van der Waals surface area (Å²) in [6, 6.07) is 40.5. The van der Waals surface area contributed by atoms with Crippen LogP contribution in [-0.2, 0) is 58.6 Å². The molecule has 6 aromatic rings. The van der Waals surface area contributed by atoms with Crippen LogP contribution in [0.4, 0.5) is 0 Å². The molecular formula is C51H51N5O10S2. The third kappa shape index (κ3) is 15.6. The van der Waals surface area contributed by atoms with Crippen molar-refractivity contribution in [2.75, 3.05) is 20.1 Å². The number of carbonyl (C=O) groups is 4. The van der Waals surface area contributed by atoms with Crippen molar-refractivity contribution in [2.45, 2.75) is 55.1 Å². The summed E-state index contributed by atoms with van der Waals surface area (Å²) in [7, 11) is -6.62. The summed E-state index contributed by atoms with van der Waals surface area (Å²) in [6.07, 6.45) is 1.78. The number of aryl methyl sites for hydroxylation is 2. The second-order valence-electron chi connectivity index (χ2n) is 15.6. The SMILES string of the molecule is Cc1ccc(S(=O)(=O)N(C)CC(=O)NC(Cc2ccc(C#Cc3ccccn3)cc2)C(=O)O)cc1.Cc1ccc(S(=O)(=O)N(CC(=O)N[C@@H](Cc2ccccc2)C(=O)O)Cc2ccccc2)cc1. The summed E-state index contributed by atoms with van der Waals surface area (Å²) in [6.45, 7) is 2.64. The molecule has 1 aromatic heterocycles. The lowest BCUT2D eigenvalue weighted by molar-refractivity contribution is -0.142. The minimum atomic E-state index is -4.00. The lowest BCUT2D eigenvalue weighted by Gasteiger charge is -2.23. The molecule has 0 radical (unpaired) electrons. The maximum absolute atomic E-state index is 13.3. The summed E-state index contributed by atoms with van der Waals surface area (Å²) < 4.78 is 54.0. The van der Waals surface area contributed by atoms with E-state index in [1.807, 2.05) is 32.0 Å². The molecule has 6 rings (SSSR count). The molecule has 0 aliphatic carbocycles. The lowest BCUT2D eigenvalue weighted by atomic mass is 10.0. The molecular weight excluding hydrogens is 907 g/mol. The van der Waals surface area contributed by atoms with E-state index in [-0.39, 0.29) is 29.2 Å². The standard InChI is InChI=1S/C26H25N3O5S.C25H26N2O5S/c1-19-6-14-23(15-7-19)35(33,34)29(2)18-25(30)28-24(26(31)32)17-21-10-8-20(9-11-21)12-13-22-5-3-4-16-27-22;1-19-12-14-22(15-13-19)33(31,32)27(17-21-10-6-3-7-11-21)18-24(28)26-23(25(29)30)16-20-8-4-2-5-9-20/h3-11,14-16,24H,17-18H2,1-2H3,(H,28,30)(H,31,32);2-15,23H,16-18H2,1H3,(H,26,28)(H,29,30)/t;23-/m.0/s1. The van der Waals surface area contributed by atoms with E-state index in [4.69, 9.17) is 0 Å². The van der Waals surface area contributed by atoms with Crippen LogP contribution in [-0.4, -0.2) is 96.6 Å². The van der Waals surface area contributed by atoms with E-state index >= 15 is 0 Å². The largest absolute Gasteiger partial charge is 0.480 e. The molecule has 0 bridgehead atoms. The third-order valence-corrected chi connectivity index (χ3v) is 13.8. The van der Waals surface area contributed by atoms with Crippen LogP contribution in [0.1, 0.15) is 39.1 Å². The van der Waals surface area contributed by atoms with Crippen molar-refractivity contribution < 1.29 is 46.2 Å². The number of nitrogens with zero attached hydrogens (tertiary/aromatic N) is 3. The van der Waals surface area contributed by atoms with Crippen LogP contribution < -0.4 is 10.6 Å². The second kappa shape index (κ2) is 24.3. The van der Waals surface area contributed by atoms with Crippen LogP contribution in [0.3, 0.4) is 0 Å². The normalized spacial score (nSPS) is 12.1. The van der Waals surface area contributed by atoms with E-state index in [0.29, 0.717) is 16.8 Å². The van der Waals surface area contributed by atoms with Crippen LogP contribution in [0.25, 0.3) is 0 Å². The lowest BCUT2D eigenvalue weighted by Crippen LogP contribution is -2.47. The number of pyridine rings is 1. The number of hydrogen-bond donors (Lipinski definition) is 4. The van der Waals surface area contributed by atoms with Gasteiger partial charge in [0.25, 0.3) is 0 Å². The average Bonchev–Trinajstić information content (AvgIpc) is 3.32. The van der Waals surface area contributed by atoms with Crippen molar-refractivity contribution in [2.24, 2.45) is 0 Å². The van der Waals surface area contributed by atoms with Gasteiger partial charge in [0.2, 0.25) is 31.9 Å². The zero-order chi connectivity index (χ0) is 49.3. The number of carbonyl (C=O) groups excluding carboxylic acids is 2. The molecule has 2 amide bonds. The Kier molecular flexibility index (Phi) is 18.4. The first kappa shape index (κ1) is 51.5. The van der Waals surface area contributed by atoms with Crippen molar-refractivity contribution >= 4 is 43.8 Å². The smallest absolute Gasteiger partial charge is 0.326 e. The van der Waals surface area contributed by atoms with Gasteiger partial charge in [0, 0.05) is 38.2 Å². The fourth-order valence-corrected chi connectivity index (χ4v) is 8.98. The molecule has 0 aliphatic rings. The first-order chi connectivity index (χ1) is 32.4. The zero-order valence-corrected chi connectivity index (χ0v) is 39.2. The van der Waals surface area contributed by atoms with E-state index in [2.05, 4.69) is 27.5 Å². The molecule has 0 aliphatic heterocycles. The highest BCUT2D eigenvalue weighted by Crippen LogP contribution is 2.20. The minimum Gasteiger partial charge on any atom is -0.480 e. The monoisotopic (exact) mass is 957 g/mol. The number of amides is 2. The van der Waals surface area contributed by atoms with Crippen LogP contribution in [0.5, 0.6) is 0 Å². The Bertz CT molecular complexity index is 2930. The number of aliphatic carboxylic acids is 2. The number of rotatable bonds is 18. The maximum atomic E-state index is 13.3. The average molecular weight is 958 g/mol. The first-order valence-electron chi connectivity index (χ1n) is 21.1. The Hall–Kier alpha value is -7.49. The van der Waals surface area contributed by atoms with Crippen molar-refractivity contribution in [3.05, 3.63) is 197 Å². The Balaban J connectivity index is 0.000000255. The molecule has 0 spiro atoms. The van der Waals surface area contributed by atoms with Gasteiger partial charge in [-0.2, -0.15) is 8.61 Å². The van der Waals surface area contributed by atoms with Crippen molar-refractivity contribution in [3.8, 4) is 11.8 Å². The highest BCUT2D eigenvalue weighted by Gasteiger charge is 2.30. The van der Waals surface area contributed by atoms with Crippen molar-refractivity contribution in [1.82, 2.24) is 24.2 Å². The molecule has 1 unspecified atom stereocenters. The highest BCUT2D eigenvalue weighted by atomic mass is 32.2. The summed E-state index contributed by atoms with van der Waals surface area (Å²) in [5.74, 6) is 2.12. The molecule has 352 valence electrons. The van der Waals surface area contributed by atoms with E-state index in [1.54, 1.807) is 115 Å². The van der Waals surface area contributed by atoms with Crippen LogP contribution in [0.15, 0.2) is 168 Å². The summed E-state index contributed by atoms with van der Waals surface area (Å²) in [4.78, 5) is 53.0. The fraction of sp³-hybridized carbons (Fsp3) is 0.196. The molecule has 15 nitrogen and oxygen atoms in total. The number of hydrogen-bond acceptors (Lipinski definition) is 9. The Morgan fingerprint density at radius 2 is 1.01 bits per heavy atom. The molecule has 0 saturated heterocycles. The maximum Gasteiger partial charge on any atom is 0.326 e. The molecule has 1 heterocycles. The van der Waals surface area contributed by atoms with Gasteiger partial charge >= 0.3 is 11.9 Å². The van der Waals surface area contributed by atoms with Gasteiger partial charge in [-0.15, -0.1) is 0 Å². The van der Waals surface area contributed by atoms with Gasteiger partial charge in [0.1, 0.15) is 17.8 Å². The topological polar surface area (TPSA) is 220 Å². The van der Waals surface area contributed by atoms with E-state index in [0.717, 1.165) is 30.9 Å². The van der Waals surface area contributed by atoms with E-state index in [9.17, 15) is 46.2 Å². The van der Waals surface area contributed by atoms with Crippen molar-refractivity contribution in [1.29, 1.82) is 0 Å². The number of benzene rings is 5. The Morgan fingerprint density at radius 1 is 0.559 bits per heavy atom. The molecule has 5 aromatic carbocycles. The fourth-order valence-electron chi connectivity index (χ4n) is 6.47. The van der Waals surface area contributed by atoms with Gasteiger partial charge < -0.3 is 20.8 Å². The first-order valence-corrected chi connectivity index (χ1v) is 24.0. The van der Waals surface area contributed by atoms with Gasteiger partial charge in [-0.05, 0) is 85.0 Å². The van der Waals surface area contributed by atoms with E-state index in [1.165, 1.54) is 31.3 Å². The van der Waals surface area contributed by atoms with Gasteiger partial charge in [-0.1, -0.05) is 120 Å². The van der Waals surface area contributed by atoms with Gasteiger partial charge in [-0.25, -0.2) is 31.4 Å². The third-order valence-electron chi connectivity index (χ3n) is 10.2.